The van der Waals surface area contributed by atoms with Gasteiger partial charge in [0.2, 0.25) is 0 Å². The minimum atomic E-state index is -0.480. The van der Waals surface area contributed by atoms with Crippen LogP contribution in [0.2, 0.25) is 5.02 Å². The normalized spacial score (nSPS) is 14.5. The predicted molar refractivity (Wildman–Crippen MR) is 70.3 cm³/mol. The lowest BCUT2D eigenvalue weighted by molar-refractivity contribution is 0.117. The topological polar surface area (TPSA) is 41.5 Å². The zero-order chi connectivity index (χ0) is 13.5. The molecule has 0 amide bonds. The number of hydrogen-bond acceptors (Lipinski definition) is 3. The largest absolute Gasteiger partial charge is 0.394 e. The summed E-state index contributed by atoms with van der Waals surface area (Å²) in [5.74, 6) is -0.480. The Bertz CT molecular complexity index is 376. The van der Waals surface area contributed by atoms with E-state index in [2.05, 4.69) is 5.32 Å². The van der Waals surface area contributed by atoms with Gasteiger partial charge in [0.1, 0.15) is 5.82 Å². The van der Waals surface area contributed by atoms with E-state index >= 15 is 0 Å². The number of ether oxygens (including phenoxy) is 1. The van der Waals surface area contributed by atoms with Crippen molar-refractivity contribution in [2.45, 2.75) is 25.9 Å². The van der Waals surface area contributed by atoms with Gasteiger partial charge in [0.15, 0.2) is 0 Å². The van der Waals surface area contributed by atoms with Gasteiger partial charge in [0.05, 0.1) is 24.3 Å². The molecule has 3 nitrogen and oxygen atoms in total. The van der Waals surface area contributed by atoms with Crippen molar-refractivity contribution in [3.8, 4) is 0 Å². The van der Waals surface area contributed by atoms with E-state index in [1.165, 1.54) is 12.1 Å². The molecule has 1 aromatic rings. The molecule has 2 N–H and O–H groups in total. The van der Waals surface area contributed by atoms with Gasteiger partial charge in [-0.25, -0.2) is 4.39 Å². The molecule has 0 aliphatic carbocycles. The smallest absolute Gasteiger partial charge is 0.142 e. The molecule has 102 valence electrons. The van der Waals surface area contributed by atoms with Crippen molar-refractivity contribution >= 4 is 11.6 Å². The number of aliphatic hydroxyl groups is 1. The molecule has 0 bridgehead atoms. The third-order valence-corrected chi connectivity index (χ3v) is 2.89. The fourth-order valence-corrected chi connectivity index (χ4v) is 1.79. The second kappa shape index (κ2) is 7.69. The Balaban J connectivity index is 2.67. The summed E-state index contributed by atoms with van der Waals surface area (Å²) in [5, 5.41) is 12.6. The molecule has 0 aromatic heterocycles. The van der Waals surface area contributed by atoms with Gasteiger partial charge in [0.25, 0.3) is 0 Å². The van der Waals surface area contributed by atoms with Crippen molar-refractivity contribution in [1.82, 2.24) is 5.32 Å². The molecular formula is C13H19ClFNO2. The van der Waals surface area contributed by atoms with Gasteiger partial charge in [-0.15, -0.1) is 0 Å². The number of hydrogen-bond donors (Lipinski definition) is 2. The molecule has 5 heteroatoms. The van der Waals surface area contributed by atoms with Gasteiger partial charge in [-0.2, -0.15) is 0 Å². The maximum Gasteiger partial charge on any atom is 0.142 e. The van der Waals surface area contributed by atoms with Gasteiger partial charge >= 0.3 is 0 Å². The maximum atomic E-state index is 13.3. The molecule has 0 saturated heterocycles. The molecule has 2 atom stereocenters. The van der Waals surface area contributed by atoms with Crippen molar-refractivity contribution in [3.05, 3.63) is 34.6 Å². The molecule has 0 radical (unpaired) electrons. The maximum absolute atomic E-state index is 13.3. The van der Waals surface area contributed by atoms with Crippen LogP contribution in [-0.4, -0.2) is 31.0 Å². The molecule has 0 heterocycles. The Morgan fingerprint density at radius 1 is 1.50 bits per heavy atom. The van der Waals surface area contributed by atoms with E-state index in [1.807, 2.05) is 13.8 Å². The molecule has 18 heavy (non-hydrogen) atoms. The van der Waals surface area contributed by atoms with E-state index in [0.717, 1.165) is 0 Å². The monoisotopic (exact) mass is 275 g/mol. The van der Waals surface area contributed by atoms with Crippen molar-refractivity contribution in [1.29, 1.82) is 0 Å². The van der Waals surface area contributed by atoms with Crippen LogP contribution in [0.5, 0.6) is 0 Å². The van der Waals surface area contributed by atoms with Crippen LogP contribution in [0.25, 0.3) is 0 Å². The highest BCUT2D eigenvalue weighted by atomic mass is 35.5. The van der Waals surface area contributed by atoms with Crippen LogP contribution in [0, 0.1) is 5.82 Å². The fraction of sp³-hybridized carbons (Fsp3) is 0.538. The van der Waals surface area contributed by atoms with Crippen molar-refractivity contribution in [2.24, 2.45) is 0 Å². The first-order chi connectivity index (χ1) is 8.58. The summed E-state index contributed by atoms with van der Waals surface area (Å²) in [5.41, 5.74) is 0.669. The van der Waals surface area contributed by atoms with Gasteiger partial charge in [-0.3, -0.25) is 0 Å². The average molecular weight is 276 g/mol. The summed E-state index contributed by atoms with van der Waals surface area (Å²) in [6, 6.07) is 4.27. The molecule has 0 aliphatic heterocycles. The van der Waals surface area contributed by atoms with Crippen LogP contribution >= 0.6 is 11.6 Å². The second-order valence-corrected chi connectivity index (χ2v) is 4.54. The highest BCUT2D eigenvalue weighted by Gasteiger charge is 2.15. The van der Waals surface area contributed by atoms with Crippen molar-refractivity contribution in [3.63, 3.8) is 0 Å². The first-order valence-electron chi connectivity index (χ1n) is 5.98. The number of aliphatic hydroxyl groups excluding tert-OH is 1. The molecule has 2 unspecified atom stereocenters. The second-order valence-electron chi connectivity index (χ2n) is 4.14. The van der Waals surface area contributed by atoms with E-state index in [4.69, 9.17) is 16.3 Å². The fourth-order valence-electron chi connectivity index (χ4n) is 1.67. The molecule has 1 rings (SSSR count). The van der Waals surface area contributed by atoms with E-state index < -0.39 is 5.82 Å². The summed E-state index contributed by atoms with van der Waals surface area (Å²) in [6.45, 7) is 4.95. The Kier molecular flexibility index (Phi) is 6.57. The lowest BCUT2D eigenvalue weighted by atomic mass is 10.1. The van der Waals surface area contributed by atoms with Crippen molar-refractivity contribution in [2.75, 3.05) is 19.8 Å². The standard InChI is InChI=1S/C13H19ClFNO2/c1-3-18-8-9(2)16-13(7-17)10-4-5-11(14)12(15)6-10/h4-6,9,13,16-17H,3,7-8H2,1-2H3. The summed E-state index contributed by atoms with van der Waals surface area (Å²) in [6.07, 6.45) is 0. The Morgan fingerprint density at radius 3 is 2.78 bits per heavy atom. The van der Waals surface area contributed by atoms with Crippen LogP contribution in [0.4, 0.5) is 4.39 Å². The summed E-state index contributed by atoms with van der Waals surface area (Å²) in [4.78, 5) is 0. The Morgan fingerprint density at radius 2 is 2.22 bits per heavy atom. The first-order valence-corrected chi connectivity index (χ1v) is 6.35. The van der Waals surface area contributed by atoms with Gasteiger partial charge in [-0.1, -0.05) is 17.7 Å². The van der Waals surface area contributed by atoms with Crippen LogP contribution in [-0.2, 0) is 4.74 Å². The minimum Gasteiger partial charge on any atom is -0.394 e. The van der Waals surface area contributed by atoms with E-state index in [-0.39, 0.29) is 23.7 Å². The minimum absolute atomic E-state index is 0.0702. The zero-order valence-corrected chi connectivity index (χ0v) is 11.4. The highest BCUT2D eigenvalue weighted by molar-refractivity contribution is 6.30. The van der Waals surface area contributed by atoms with E-state index in [0.29, 0.717) is 18.8 Å². The zero-order valence-electron chi connectivity index (χ0n) is 10.6. The third-order valence-electron chi connectivity index (χ3n) is 2.59. The number of halogens is 2. The number of nitrogens with one attached hydrogen (secondary N) is 1. The van der Waals surface area contributed by atoms with Crippen LogP contribution in [0.1, 0.15) is 25.5 Å². The summed E-state index contributed by atoms with van der Waals surface area (Å²) in [7, 11) is 0. The first kappa shape index (κ1) is 15.4. The summed E-state index contributed by atoms with van der Waals surface area (Å²) < 4.78 is 18.6. The molecule has 0 spiro atoms. The lowest BCUT2D eigenvalue weighted by Crippen LogP contribution is -2.35. The Hall–Kier alpha value is -0.680. The molecule has 0 saturated carbocycles. The predicted octanol–water partition coefficient (Wildman–Crippen LogP) is 2.53. The molecule has 0 aliphatic rings. The average Bonchev–Trinajstić information content (AvgIpc) is 2.37. The van der Waals surface area contributed by atoms with E-state index in [9.17, 15) is 9.50 Å². The highest BCUT2D eigenvalue weighted by Crippen LogP contribution is 2.20. The van der Waals surface area contributed by atoms with Crippen LogP contribution < -0.4 is 5.32 Å². The van der Waals surface area contributed by atoms with E-state index in [1.54, 1.807) is 6.07 Å². The van der Waals surface area contributed by atoms with Gasteiger partial charge in [0, 0.05) is 12.6 Å². The summed E-state index contributed by atoms with van der Waals surface area (Å²) >= 11 is 5.62. The number of benzene rings is 1. The quantitative estimate of drug-likeness (QED) is 0.803. The third kappa shape index (κ3) is 4.53. The SMILES string of the molecule is CCOCC(C)NC(CO)c1ccc(Cl)c(F)c1. The Labute approximate surface area is 112 Å². The van der Waals surface area contributed by atoms with Gasteiger partial charge in [-0.05, 0) is 31.5 Å². The van der Waals surface area contributed by atoms with Crippen LogP contribution in [0.3, 0.4) is 0 Å². The molecule has 1 aromatic carbocycles. The van der Waals surface area contributed by atoms with Crippen molar-refractivity contribution < 1.29 is 14.2 Å². The molecular weight excluding hydrogens is 257 g/mol. The number of rotatable bonds is 7. The molecule has 0 fully saturated rings. The lowest BCUT2D eigenvalue weighted by Gasteiger charge is -2.22. The van der Waals surface area contributed by atoms with Crippen LogP contribution in [0.15, 0.2) is 18.2 Å². The van der Waals surface area contributed by atoms with Gasteiger partial charge < -0.3 is 15.2 Å².